The molecule has 1 aliphatic carbocycles. The SMILES string of the molecule is COCC(N)C(=O)NCC1CCCC1CO. The van der Waals surface area contributed by atoms with Gasteiger partial charge in [-0.25, -0.2) is 0 Å². The molecule has 16 heavy (non-hydrogen) atoms. The van der Waals surface area contributed by atoms with Crippen LogP contribution in [0.15, 0.2) is 0 Å². The summed E-state index contributed by atoms with van der Waals surface area (Å²) in [6.07, 6.45) is 3.27. The fraction of sp³-hybridized carbons (Fsp3) is 0.909. The van der Waals surface area contributed by atoms with Gasteiger partial charge in [-0.1, -0.05) is 6.42 Å². The molecule has 1 saturated carbocycles. The first-order valence-corrected chi connectivity index (χ1v) is 5.82. The molecule has 0 aromatic rings. The van der Waals surface area contributed by atoms with Crippen molar-refractivity contribution in [1.29, 1.82) is 0 Å². The molecule has 0 heterocycles. The van der Waals surface area contributed by atoms with Gasteiger partial charge in [0.25, 0.3) is 0 Å². The molecule has 4 N–H and O–H groups in total. The first-order chi connectivity index (χ1) is 7.69. The summed E-state index contributed by atoms with van der Waals surface area (Å²) in [6.45, 7) is 1.06. The number of rotatable bonds is 6. The summed E-state index contributed by atoms with van der Waals surface area (Å²) in [5.74, 6) is 0.549. The lowest BCUT2D eigenvalue weighted by molar-refractivity contribution is -0.123. The summed E-state index contributed by atoms with van der Waals surface area (Å²) in [7, 11) is 1.52. The zero-order valence-electron chi connectivity index (χ0n) is 9.82. The van der Waals surface area contributed by atoms with Gasteiger partial charge in [-0.2, -0.15) is 0 Å². The van der Waals surface area contributed by atoms with E-state index < -0.39 is 6.04 Å². The number of nitrogens with two attached hydrogens (primary N) is 1. The van der Waals surface area contributed by atoms with Crippen LogP contribution in [0.25, 0.3) is 0 Å². The van der Waals surface area contributed by atoms with Crippen LogP contribution in [0.4, 0.5) is 0 Å². The molecule has 3 atom stereocenters. The van der Waals surface area contributed by atoms with E-state index in [1.54, 1.807) is 0 Å². The van der Waals surface area contributed by atoms with Crippen molar-refractivity contribution in [2.75, 3.05) is 26.9 Å². The van der Waals surface area contributed by atoms with Crippen LogP contribution in [0.3, 0.4) is 0 Å². The molecule has 0 spiro atoms. The molecule has 0 aromatic carbocycles. The van der Waals surface area contributed by atoms with E-state index in [0.29, 0.717) is 18.4 Å². The predicted molar refractivity (Wildman–Crippen MR) is 60.8 cm³/mol. The van der Waals surface area contributed by atoms with Crippen LogP contribution >= 0.6 is 0 Å². The van der Waals surface area contributed by atoms with Gasteiger partial charge in [-0.05, 0) is 24.7 Å². The second kappa shape index (κ2) is 6.83. The largest absolute Gasteiger partial charge is 0.396 e. The first kappa shape index (κ1) is 13.4. The van der Waals surface area contributed by atoms with Gasteiger partial charge in [-0.15, -0.1) is 0 Å². The molecule has 5 nitrogen and oxygen atoms in total. The average molecular weight is 230 g/mol. The van der Waals surface area contributed by atoms with Crippen molar-refractivity contribution in [3.8, 4) is 0 Å². The van der Waals surface area contributed by atoms with Crippen LogP contribution < -0.4 is 11.1 Å². The van der Waals surface area contributed by atoms with Crippen LogP contribution in [0.2, 0.25) is 0 Å². The summed E-state index contributed by atoms with van der Waals surface area (Å²) in [4.78, 5) is 11.5. The highest BCUT2D eigenvalue weighted by atomic mass is 16.5. The minimum atomic E-state index is -0.598. The summed E-state index contributed by atoms with van der Waals surface area (Å²) < 4.78 is 4.81. The maximum Gasteiger partial charge on any atom is 0.239 e. The molecule has 3 unspecified atom stereocenters. The highest BCUT2D eigenvalue weighted by Gasteiger charge is 2.27. The molecule has 0 saturated heterocycles. The van der Waals surface area contributed by atoms with E-state index in [2.05, 4.69) is 5.32 Å². The van der Waals surface area contributed by atoms with Crippen molar-refractivity contribution in [2.45, 2.75) is 25.3 Å². The Bertz CT molecular complexity index is 223. The number of ether oxygens (including phenoxy) is 1. The third-order valence-electron chi connectivity index (χ3n) is 3.27. The number of amides is 1. The standard InChI is InChI=1S/C11H22N2O3/c1-16-7-10(12)11(15)13-5-8-3-2-4-9(8)6-14/h8-10,14H,2-7,12H2,1H3,(H,13,15). The predicted octanol–water partition coefficient (Wildman–Crippen LogP) is -0.515. The van der Waals surface area contributed by atoms with Gasteiger partial charge in [0, 0.05) is 20.3 Å². The topological polar surface area (TPSA) is 84.6 Å². The van der Waals surface area contributed by atoms with E-state index >= 15 is 0 Å². The molecule has 1 aliphatic rings. The van der Waals surface area contributed by atoms with Crippen molar-refractivity contribution < 1.29 is 14.6 Å². The van der Waals surface area contributed by atoms with Gasteiger partial charge in [0.2, 0.25) is 5.91 Å². The maximum absolute atomic E-state index is 11.5. The van der Waals surface area contributed by atoms with Gasteiger partial charge in [0.1, 0.15) is 6.04 Å². The third kappa shape index (κ3) is 3.73. The van der Waals surface area contributed by atoms with E-state index in [9.17, 15) is 4.79 Å². The second-order valence-electron chi connectivity index (χ2n) is 4.44. The molecule has 0 radical (unpaired) electrons. The highest BCUT2D eigenvalue weighted by Crippen LogP contribution is 2.30. The van der Waals surface area contributed by atoms with Gasteiger partial charge in [-0.3, -0.25) is 4.79 Å². The third-order valence-corrected chi connectivity index (χ3v) is 3.27. The van der Waals surface area contributed by atoms with Crippen molar-refractivity contribution in [1.82, 2.24) is 5.32 Å². The summed E-state index contributed by atoms with van der Waals surface area (Å²) in [6, 6.07) is -0.598. The summed E-state index contributed by atoms with van der Waals surface area (Å²) in [5.41, 5.74) is 5.59. The number of hydrogen-bond donors (Lipinski definition) is 3. The Morgan fingerprint density at radius 3 is 2.88 bits per heavy atom. The van der Waals surface area contributed by atoms with Crippen molar-refractivity contribution >= 4 is 5.91 Å². The Morgan fingerprint density at radius 2 is 2.25 bits per heavy atom. The van der Waals surface area contributed by atoms with E-state index in [-0.39, 0.29) is 19.1 Å². The summed E-state index contributed by atoms with van der Waals surface area (Å²) in [5, 5.41) is 12.0. The molecule has 94 valence electrons. The molecule has 1 rings (SSSR count). The van der Waals surface area contributed by atoms with Crippen LogP contribution in [-0.2, 0) is 9.53 Å². The number of hydrogen-bond acceptors (Lipinski definition) is 4. The second-order valence-corrected chi connectivity index (χ2v) is 4.44. The van der Waals surface area contributed by atoms with Gasteiger partial charge in [0.15, 0.2) is 0 Å². The van der Waals surface area contributed by atoms with Crippen molar-refractivity contribution in [2.24, 2.45) is 17.6 Å². The Kier molecular flexibility index (Phi) is 5.73. The summed E-state index contributed by atoms with van der Waals surface area (Å²) >= 11 is 0. The van der Waals surface area contributed by atoms with E-state index in [1.165, 1.54) is 7.11 Å². The van der Waals surface area contributed by atoms with Crippen LogP contribution in [0.1, 0.15) is 19.3 Å². The first-order valence-electron chi connectivity index (χ1n) is 5.82. The fourth-order valence-corrected chi connectivity index (χ4v) is 2.24. The Balaban J connectivity index is 2.25. The molecule has 1 amide bonds. The Labute approximate surface area is 96.3 Å². The normalized spacial score (nSPS) is 26.7. The van der Waals surface area contributed by atoms with E-state index in [1.807, 2.05) is 0 Å². The lowest BCUT2D eigenvalue weighted by Gasteiger charge is -2.19. The van der Waals surface area contributed by atoms with Crippen molar-refractivity contribution in [3.05, 3.63) is 0 Å². The molecule has 0 bridgehead atoms. The number of methoxy groups -OCH3 is 1. The Morgan fingerprint density at radius 1 is 1.56 bits per heavy atom. The lowest BCUT2D eigenvalue weighted by Crippen LogP contribution is -2.45. The molecular weight excluding hydrogens is 208 g/mol. The molecule has 5 heteroatoms. The highest BCUT2D eigenvalue weighted by molar-refractivity contribution is 5.81. The smallest absolute Gasteiger partial charge is 0.239 e. The molecule has 0 aromatic heterocycles. The molecule has 1 fully saturated rings. The van der Waals surface area contributed by atoms with Crippen molar-refractivity contribution in [3.63, 3.8) is 0 Å². The average Bonchev–Trinajstić information content (AvgIpc) is 2.73. The van der Waals surface area contributed by atoms with Crippen LogP contribution in [0.5, 0.6) is 0 Å². The van der Waals surface area contributed by atoms with Gasteiger partial charge >= 0.3 is 0 Å². The zero-order valence-corrected chi connectivity index (χ0v) is 9.82. The Hall–Kier alpha value is -0.650. The van der Waals surface area contributed by atoms with Gasteiger partial charge in [0.05, 0.1) is 6.61 Å². The lowest BCUT2D eigenvalue weighted by atomic mass is 9.97. The molecule has 0 aliphatic heterocycles. The number of carbonyl (C=O) groups is 1. The fourth-order valence-electron chi connectivity index (χ4n) is 2.24. The minimum Gasteiger partial charge on any atom is -0.396 e. The quantitative estimate of drug-likeness (QED) is 0.573. The van der Waals surface area contributed by atoms with E-state index in [4.69, 9.17) is 15.6 Å². The monoisotopic (exact) mass is 230 g/mol. The van der Waals surface area contributed by atoms with Crippen LogP contribution in [-0.4, -0.2) is 43.9 Å². The number of nitrogens with one attached hydrogen (secondary N) is 1. The number of aliphatic hydroxyl groups excluding tert-OH is 1. The van der Waals surface area contributed by atoms with Crippen LogP contribution in [0, 0.1) is 11.8 Å². The number of aliphatic hydroxyl groups is 1. The van der Waals surface area contributed by atoms with E-state index in [0.717, 1.165) is 19.3 Å². The van der Waals surface area contributed by atoms with Gasteiger partial charge < -0.3 is 20.9 Å². The zero-order chi connectivity index (χ0) is 12.0. The minimum absolute atomic E-state index is 0.176. The number of carbonyl (C=O) groups excluding carboxylic acids is 1. The molecular formula is C11H22N2O3. The maximum atomic E-state index is 11.5.